The molecule has 0 spiro atoms. The number of hydrogen-bond acceptors (Lipinski definition) is 3. The Hall–Kier alpha value is -0.960. The Labute approximate surface area is 111 Å². The van der Waals surface area contributed by atoms with Crippen molar-refractivity contribution in [3.05, 3.63) is 23.8 Å². The van der Waals surface area contributed by atoms with E-state index in [2.05, 4.69) is 16.9 Å². The van der Waals surface area contributed by atoms with Gasteiger partial charge in [-0.15, -0.1) is 0 Å². The Morgan fingerprint density at radius 2 is 1.78 bits per heavy atom. The van der Waals surface area contributed by atoms with Gasteiger partial charge in [-0.3, -0.25) is 0 Å². The minimum absolute atomic E-state index is 0.0716. The molecule has 0 saturated heterocycles. The number of unbranched alkanes of at least 4 members (excludes halogenated alkanes) is 6. The predicted molar refractivity (Wildman–Crippen MR) is 76.3 cm³/mol. The van der Waals surface area contributed by atoms with Crippen molar-refractivity contribution in [3.63, 3.8) is 0 Å². The second-order valence-corrected chi connectivity index (χ2v) is 5.05. The molecule has 0 aliphatic rings. The molecule has 2 N–H and O–H groups in total. The van der Waals surface area contributed by atoms with Crippen molar-refractivity contribution in [2.45, 2.75) is 71.3 Å². The minimum atomic E-state index is 0.0716. The van der Waals surface area contributed by atoms with Crippen LogP contribution in [0, 0.1) is 6.92 Å². The molecule has 0 fully saturated rings. The Bertz CT molecular complexity index is 325. The maximum atomic E-state index is 6.14. The van der Waals surface area contributed by atoms with E-state index in [9.17, 15) is 0 Å². The lowest BCUT2D eigenvalue weighted by Crippen LogP contribution is -2.12. The lowest BCUT2D eigenvalue weighted by Gasteiger charge is -2.11. The SMILES string of the molecule is CCCCCCCCCC(N)c1ccnc(C)n1. The van der Waals surface area contributed by atoms with Crippen LogP contribution in [-0.4, -0.2) is 9.97 Å². The molecular weight excluding hydrogens is 222 g/mol. The second kappa shape index (κ2) is 9.03. The topological polar surface area (TPSA) is 51.8 Å². The van der Waals surface area contributed by atoms with E-state index in [0.717, 1.165) is 17.9 Å². The summed E-state index contributed by atoms with van der Waals surface area (Å²) in [5, 5.41) is 0. The lowest BCUT2D eigenvalue weighted by molar-refractivity contribution is 0.534. The van der Waals surface area contributed by atoms with Gasteiger partial charge in [0.1, 0.15) is 5.82 Å². The molecule has 0 saturated carbocycles. The van der Waals surface area contributed by atoms with Crippen LogP contribution < -0.4 is 5.73 Å². The lowest BCUT2D eigenvalue weighted by atomic mass is 10.0. The van der Waals surface area contributed by atoms with Gasteiger partial charge in [-0.05, 0) is 19.4 Å². The zero-order chi connectivity index (χ0) is 13.2. The van der Waals surface area contributed by atoms with Crippen LogP contribution in [0.2, 0.25) is 0 Å². The van der Waals surface area contributed by atoms with E-state index >= 15 is 0 Å². The molecule has 0 amide bonds. The summed E-state index contributed by atoms with van der Waals surface area (Å²) in [6, 6.07) is 2.00. The second-order valence-electron chi connectivity index (χ2n) is 5.05. The zero-order valence-electron chi connectivity index (χ0n) is 11.9. The Morgan fingerprint density at radius 3 is 2.44 bits per heavy atom. The molecule has 0 radical (unpaired) electrons. The van der Waals surface area contributed by atoms with Crippen molar-refractivity contribution in [3.8, 4) is 0 Å². The van der Waals surface area contributed by atoms with E-state index in [4.69, 9.17) is 5.73 Å². The third-order valence-electron chi connectivity index (χ3n) is 3.30. The molecule has 1 heterocycles. The van der Waals surface area contributed by atoms with Crippen molar-refractivity contribution < 1.29 is 0 Å². The smallest absolute Gasteiger partial charge is 0.125 e. The number of hydrogen-bond donors (Lipinski definition) is 1. The molecule has 1 atom stereocenters. The first kappa shape index (κ1) is 15.1. The number of nitrogens with zero attached hydrogens (tertiary/aromatic N) is 2. The van der Waals surface area contributed by atoms with Gasteiger partial charge in [0.2, 0.25) is 0 Å². The monoisotopic (exact) mass is 249 g/mol. The molecule has 3 nitrogen and oxygen atoms in total. The van der Waals surface area contributed by atoms with Crippen LogP contribution in [-0.2, 0) is 0 Å². The summed E-state index contributed by atoms with van der Waals surface area (Å²) in [5.41, 5.74) is 7.12. The van der Waals surface area contributed by atoms with Crippen LogP contribution in [0.3, 0.4) is 0 Å². The molecule has 0 bridgehead atoms. The van der Waals surface area contributed by atoms with Gasteiger partial charge in [-0.1, -0.05) is 51.9 Å². The van der Waals surface area contributed by atoms with Gasteiger partial charge in [0.25, 0.3) is 0 Å². The fourth-order valence-electron chi connectivity index (χ4n) is 2.15. The molecule has 1 aromatic rings. The van der Waals surface area contributed by atoms with Crippen molar-refractivity contribution in [2.75, 3.05) is 0 Å². The molecular formula is C15H27N3. The van der Waals surface area contributed by atoms with Gasteiger partial charge in [-0.25, -0.2) is 9.97 Å². The summed E-state index contributed by atoms with van der Waals surface area (Å²) in [6.45, 7) is 4.16. The summed E-state index contributed by atoms with van der Waals surface area (Å²) in [5.74, 6) is 0.808. The van der Waals surface area contributed by atoms with Crippen LogP contribution in [0.1, 0.15) is 75.9 Å². The third-order valence-corrected chi connectivity index (χ3v) is 3.30. The van der Waals surface area contributed by atoms with Crippen LogP contribution in [0.4, 0.5) is 0 Å². The highest BCUT2D eigenvalue weighted by molar-refractivity contribution is 5.06. The first-order valence-electron chi connectivity index (χ1n) is 7.29. The average Bonchev–Trinajstić information content (AvgIpc) is 2.37. The van der Waals surface area contributed by atoms with Gasteiger partial charge < -0.3 is 5.73 Å². The van der Waals surface area contributed by atoms with Crippen LogP contribution in [0.15, 0.2) is 12.3 Å². The minimum Gasteiger partial charge on any atom is -0.323 e. The van der Waals surface area contributed by atoms with Crippen LogP contribution >= 0.6 is 0 Å². The predicted octanol–water partition coefficient (Wildman–Crippen LogP) is 3.93. The average molecular weight is 249 g/mol. The highest BCUT2D eigenvalue weighted by Crippen LogP contribution is 2.16. The molecule has 1 unspecified atom stereocenters. The van der Waals surface area contributed by atoms with Crippen molar-refractivity contribution in [2.24, 2.45) is 5.73 Å². The first-order chi connectivity index (χ1) is 8.74. The number of rotatable bonds is 9. The van der Waals surface area contributed by atoms with Gasteiger partial charge >= 0.3 is 0 Å². The van der Waals surface area contributed by atoms with E-state index < -0.39 is 0 Å². The maximum Gasteiger partial charge on any atom is 0.125 e. The zero-order valence-corrected chi connectivity index (χ0v) is 11.9. The fraction of sp³-hybridized carbons (Fsp3) is 0.733. The van der Waals surface area contributed by atoms with E-state index in [1.807, 2.05) is 13.0 Å². The first-order valence-corrected chi connectivity index (χ1v) is 7.29. The van der Waals surface area contributed by atoms with E-state index in [-0.39, 0.29) is 6.04 Å². The quantitative estimate of drug-likeness (QED) is 0.675. The molecule has 3 heteroatoms. The summed E-state index contributed by atoms with van der Waals surface area (Å²) in [7, 11) is 0. The van der Waals surface area contributed by atoms with E-state index in [1.54, 1.807) is 6.20 Å². The Morgan fingerprint density at radius 1 is 1.11 bits per heavy atom. The maximum absolute atomic E-state index is 6.14. The number of aromatic nitrogens is 2. The van der Waals surface area contributed by atoms with Crippen LogP contribution in [0.25, 0.3) is 0 Å². The molecule has 0 aromatic carbocycles. The van der Waals surface area contributed by atoms with Gasteiger partial charge in [-0.2, -0.15) is 0 Å². The number of nitrogens with two attached hydrogens (primary N) is 1. The summed E-state index contributed by atoms with van der Waals surface area (Å²) in [6.07, 6.45) is 12.1. The fourth-order valence-corrected chi connectivity index (χ4v) is 2.15. The summed E-state index contributed by atoms with van der Waals surface area (Å²) < 4.78 is 0. The normalized spacial score (nSPS) is 12.6. The highest BCUT2D eigenvalue weighted by Gasteiger charge is 2.07. The molecule has 18 heavy (non-hydrogen) atoms. The molecule has 102 valence electrons. The summed E-state index contributed by atoms with van der Waals surface area (Å²) in [4.78, 5) is 8.47. The van der Waals surface area contributed by atoms with Crippen molar-refractivity contribution in [1.82, 2.24) is 9.97 Å². The van der Waals surface area contributed by atoms with E-state index in [0.29, 0.717) is 0 Å². The highest BCUT2D eigenvalue weighted by atomic mass is 14.9. The van der Waals surface area contributed by atoms with Gasteiger partial charge in [0, 0.05) is 12.2 Å². The summed E-state index contributed by atoms with van der Waals surface area (Å²) >= 11 is 0. The van der Waals surface area contributed by atoms with Crippen molar-refractivity contribution >= 4 is 0 Å². The van der Waals surface area contributed by atoms with E-state index in [1.165, 1.54) is 44.9 Å². The number of aryl methyl sites for hydroxylation is 1. The van der Waals surface area contributed by atoms with Gasteiger partial charge in [0.15, 0.2) is 0 Å². The van der Waals surface area contributed by atoms with Crippen molar-refractivity contribution in [1.29, 1.82) is 0 Å². The largest absolute Gasteiger partial charge is 0.323 e. The molecule has 0 aliphatic carbocycles. The third kappa shape index (κ3) is 6.10. The van der Waals surface area contributed by atoms with Gasteiger partial charge in [0.05, 0.1) is 5.69 Å². The molecule has 1 aromatic heterocycles. The Balaban J connectivity index is 2.12. The Kier molecular flexibility index (Phi) is 7.58. The molecule has 0 aliphatic heterocycles. The molecule has 1 rings (SSSR count). The van der Waals surface area contributed by atoms with Crippen LogP contribution in [0.5, 0.6) is 0 Å². The standard InChI is InChI=1S/C15H27N3/c1-3-4-5-6-7-8-9-10-14(16)15-11-12-17-13(2)18-15/h11-12,14H,3-10,16H2,1-2H3.